The third kappa shape index (κ3) is 2.70. The van der Waals surface area contributed by atoms with E-state index in [1.54, 1.807) is 12.5 Å². The van der Waals surface area contributed by atoms with Crippen LogP contribution in [0.25, 0.3) is 0 Å². The molecule has 0 fully saturated rings. The molecule has 0 atom stereocenters. The Kier molecular flexibility index (Phi) is 2.48. The van der Waals surface area contributed by atoms with Crippen LogP contribution in [0.15, 0.2) is 12.5 Å². The van der Waals surface area contributed by atoms with Gasteiger partial charge in [0, 0.05) is 19.2 Å². The second kappa shape index (κ2) is 3.60. The van der Waals surface area contributed by atoms with E-state index in [9.17, 15) is 4.79 Å². The molecule has 1 aromatic rings. The number of imidazole rings is 1. The third-order valence-corrected chi connectivity index (χ3v) is 1.24. The number of urea groups is 1. The lowest BCUT2D eigenvalue weighted by molar-refractivity contribution is 0.249. The van der Waals surface area contributed by atoms with Crippen molar-refractivity contribution in [3.8, 4) is 0 Å². The first kappa shape index (κ1) is 7.59. The topological polar surface area (TPSA) is 83.8 Å². The summed E-state index contributed by atoms with van der Waals surface area (Å²) in [5.41, 5.74) is 5.77. The first-order valence-electron chi connectivity index (χ1n) is 3.30. The summed E-state index contributed by atoms with van der Waals surface area (Å²) in [6, 6.07) is -0.500. The minimum atomic E-state index is -0.500. The van der Waals surface area contributed by atoms with Crippen LogP contribution in [0.1, 0.15) is 5.69 Å². The van der Waals surface area contributed by atoms with Gasteiger partial charge in [-0.25, -0.2) is 9.78 Å². The lowest BCUT2D eigenvalue weighted by Gasteiger charge is -1.97. The van der Waals surface area contributed by atoms with Gasteiger partial charge in [0.1, 0.15) is 0 Å². The monoisotopic (exact) mass is 154 g/mol. The van der Waals surface area contributed by atoms with Gasteiger partial charge in [-0.15, -0.1) is 0 Å². The Bertz CT molecular complexity index is 218. The fourth-order valence-corrected chi connectivity index (χ4v) is 0.741. The van der Waals surface area contributed by atoms with Crippen molar-refractivity contribution in [2.45, 2.75) is 6.42 Å². The standard InChI is InChI=1S/C6H10N4O/c7-6(11)9-2-1-5-3-8-4-10-5/h3-4H,1-2H2,(H,8,10)(H3,7,9,11). The van der Waals surface area contributed by atoms with Crippen molar-refractivity contribution >= 4 is 6.03 Å². The molecular formula is C6H10N4O. The van der Waals surface area contributed by atoms with Gasteiger partial charge in [0.05, 0.1) is 12.0 Å². The van der Waals surface area contributed by atoms with Crippen LogP contribution < -0.4 is 11.1 Å². The molecule has 2 amide bonds. The number of hydrogen-bond donors (Lipinski definition) is 3. The molecule has 0 aromatic carbocycles. The summed E-state index contributed by atoms with van der Waals surface area (Å²) in [6.45, 7) is 0.528. The van der Waals surface area contributed by atoms with E-state index < -0.39 is 6.03 Å². The number of nitrogens with zero attached hydrogens (tertiary/aromatic N) is 1. The zero-order chi connectivity index (χ0) is 8.10. The Morgan fingerprint density at radius 2 is 2.64 bits per heavy atom. The van der Waals surface area contributed by atoms with Crippen molar-refractivity contribution in [3.05, 3.63) is 18.2 Å². The molecule has 0 saturated carbocycles. The molecule has 1 rings (SSSR count). The average molecular weight is 154 g/mol. The molecule has 1 aromatic heterocycles. The van der Waals surface area contributed by atoms with Crippen LogP contribution in [-0.4, -0.2) is 22.5 Å². The van der Waals surface area contributed by atoms with Crippen LogP contribution in [0, 0.1) is 0 Å². The molecule has 0 unspecified atom stereocenters. The Hall–Kier alpha value is -1.52. The highest BCUT2D eigenvalue weighted by molar-refractivity contribution is 5.71. The summed E-state index contributed by atoms with van der Waals surface area (Å²) in [5.74, 6) is 0. The van der Waals surface area contributed by atoms with Gasteiger partial charge in [0.25, 0.3) is 0 Å². The van der Waals surface area contributed by atoms with E-state index >= 15 is 0 Å². The van der Waals surface area contributed by atoms with Gasteiger partial charge in [0.2, 0.25) is 0 Å². The van der Waals surface area contributed by atoms with Gasteiger partial charge in [-0.3, -0.25) is 0 Å². The molecule has 0 radical (unpaired) electrons. The number of carbonyl (C=O) groups is 1. The van der Waals surface area contributed by atoms with E-state index in [0.29, 0.717) is 13.0 Å². The summed E-state index contributed by atoms with van der Waals surface area (Å²) in [4.78, 5) is 17.0. The predicted octanol–water partition coefficient (Wildman–Crippen LogP) is -0.380. The van der Waals surface area contributed by atoms with Gasteiger partial charge in [-0.2, -0.15) is 0 Å². The molecule has 0 spiro atoms. The van der Waals surface area contributed by atoms with E-state index in [4.69, 9.17) is 5.73 Å². The number of aromatic nitrogens is 2. The normalized spacial score (nSPS) is 9.45. The first-order chi connectivity index (χ1) is 5.29. The van der Waals surface area contributed by atoms with E-state index in [1.807, 2.05) is 0 Å². The van der Waals surface area contributed by atoms with Crippen LogP contribution in [0.2, 0.25) is 0 Å². The summed E-state index contributed by atoms with van der Waals surface area (Å²) in [7, 11) is 0. The van der Waals surface area contributed by atoms with Gasteiger partial charge < -0.3 is 16.0 Å². The number of hydrogen-bond acceptors (Lipinski definition) is 2. The quantitative estimate of drug-likeness (QED) is 0.554. The highest BCUT2D eigenvalue weighted by Gasteiger charge is 1.94. The zero-order valence-electron chi connectivity index (χ0n) is 6.00. The second-order valence-electron chi connectivity index (χ2n) is 2.10. The summed E-state index contributed by atoms with van der Waals surface area (Å²) in [6.07, 6.45) is 4.08. The third-order valence-electron chi connectivity index (χ3n) is 1.24. The molecule has 5 heteroatoms. The van der Waals surface area contributed by atoms with Crippen LogP contribution in [0.3, 0.4) is 0 Å². The lowest BCUT2D eigenvalue weighted by Crippen LogP contribution is -2.30. The maximum absolute atomic E-state index is 10.2. The number of primary amides is 1. The minimum Gasteiger partial charge on any atom is -0.352 e. The van der Waals surface area contributed by atoms with E-state index in [2.05, 4.69) is 15.3 Å². The second-order valence-corrected chi connectivity index (χ2v) is 2.10. The molecule has 60 valence electrons. The zero-order valence-corrected chi connectivity index (χ0v) is 6.00. The Labute approximate surface area is 64.0 Å². The SMILES string of the molecule is NC(=O)NCCc1c[nH]cn1. The summed E-state index contributed by atoms with van der Waals surface area (Å²) in [5, 5.41) is 2.47. The fraction of sp³-hybridized carbons (Fsp3) is 0.333. The van der Waals surface area contributed by atoms with Crippen LogP contribution in [0.4, 0.5) is 4.79 Å². The lowest BCUT2D eigenvalue weighted by atomic mass is 10.3. The number of aromatic amines is 1. The van der Waals surface area contributed by atoms with Crippen molar-refractivity contribution in [1.82, 2.24) is 15.3 Å². The fourth-order valence-electron chi connectivity index (χ4n) is 0.741. The van der Waals surface area contributed by atoms with Crippen molar-refractivity contribution in [2.24, 2.45) is 5.73 Å². The Morgan fingerprint density at radius 1 is 1.82 bits per heavy atom. The smallest absolute Gasteiger partial charge is 0.312 e. The molecule has 4 N–H and O–H groups in total. The molecule has 0 bridgehead atoms. The minimum absolute atomic E-state index is 0.500. The predicted molar refractivity (Wildman–Crippen MR) is 39.9 cm³/mol. The Balaban J connectivity index is 2.19. The summed E-state index contributed by atoms with van der Waals surface area (Å²) < 4.78 is 0. The van der Waals surface area contributed by atoms with Crippen LogP contribution >= 0.6 is 0 Å². The van der Waals surface area contributed by atoms with Crippen LogP contribution in [-0.2, 0) is 6.42 Å². The average Bonchev–Trinajstić information content (AvgIpc) is 2.39. The van der Waals surface area contributed by atoms with Crippen LogP contribution in [0.5, 0.6) is 0 Å². The van der Waals surface area contributed by atoms with Gasteiger partial charge in [0.15, 0.2) is 0 Å². The number of H-pyrrole nitrogens is 1. The van der Waals surface area contributed by atoms with Crippen molar-refractivity contribution in [3.63, 3.8) is 0 Å². The molecule has 0 aliphatic rings. The van der Waals surface area contributed by atoms with Crippen molar-refractivity contribution in [2.75, 3.05) is 6.54 Å². The van der Waals surface area contributed by atoms with Crippen molar-refractivity contribution < 1.29 is 4.79 Å². The van der Waals surface area contributed by atoms with Gasteiger partial charge >= 0.3 is 6.03 Å². The first-order valence-corrected chi connectivity index (χ1v) is 3.30. The van der Waals surface area contributed by atoms with Gasteiger partial charge in [-0.05, 0) is 0 Å². The Morgan fingerprint density at radius 3 is 3.18 bits per heavy atom. The molecule has 11 heavy (non-hydrogen) atoms. The van der Waals surface area contributed by atoms with E-state index in [1.165, 1.54) is 0 Å². The van der Waals surface area contributed by atoms with Crippen molar-refractivity contribution in [1.29, 1.82) is 0 Å². The number of amides is 2. The number of nitrogens with one attached hydrogen (secondary N) is 2. The highest BCUT2D eigenvalue weighted by Crippen LogP contribution is 1.89. The maximum atomic E-state index is 10.2. The number of nitrogens with two attached hydrogens (primary N) is 1. The summed E-state index contributed by atoms with van der Waals surface area (Å²) >= 11 is 0. The van der Waals surface area contributed by atoms with E-state index in [-0.39, 0.29) is 0 Å². The number of carbonyl (C=O) groups excluding carboxylic acids is 1. The molecule has 1 heterocycles. The molecule has 5 nitrogen and oxygen atoms in total. The van der Waals surface area contributed by atoms with Gasteiger partial charge in [-0.1, -0.05) is 0 Å². The number of rotatable bonds is 3. The molecular weight excluding hydrogens is 144 g/mol. The highest BCUT2D eigenvalue weighted by atomic mass is 16.2. The largest absolute Gasteiger partial charge is 0.352 e. The molecule has 0 saturated heterocycles. The molecule has 0 aliphatic heterocycles. The maximum Gasteiger partial charge on any atom is 0.312 e. The van der Waals surface area contributed by atoms with E-state index in [0.717, 1.165) is 5.69 Å². The molecule has 0 aliphatic carbocycles.